The molecule has 0 unspecified atom stereocenters. The molecule has 1 aliphatic carbocycles. The molecule has 0 aromatic heterocycles. The van der Waals surface area contributed by atoms with Gasteiger partial charge in [0.1, 0.15) is 5.75 Å². The summed E-state index contributed by atoms with van der Waals surface area (Å²) in [4.78, 5) is 0. The number of rotatable bonds is 3. The summed E-state index contributed by atoms with van der Waals surface area (Å²) in [6.45, 7) is 2.51. The van der Waals surface area contributed by atoms with E-state index in [4.69, 9.17) is 4.74 Å². The van der Waals surface area contributed by atoms with E-state index in [2.05, 4.69) is 19.1 Å². The minimum atomic E-state index is 0.122. The molecule has 2 heteroatoms. The highest BCUT2D eigenvalue weighted by Crippen LogP contribution is 2.40. The molecule has 2 rings (SSSR count). The summed E-state index contributed by atoms with van der Waals surface area (Å²) in [5.74, 6) is 0.921. The second-order valence-electron chi connectivity index (χ2n) is 4.91. The van der Waals surface area contributed by atoms with Crippen LogP contribution >= 0.6 is 0 Å². The third kappa shape index (κ3) is 1.94. The van der Waals surface area contributed by atoms with Crippen molar-refractivity contribution < 1.29 is 9.84 Å². The van der Waals surface area contributed by atoms with Crippen LogP contribution in [0.4, 0.5) is 0 Å². The van der Waals surface area contributed by atoms with E-state index in [0.717, 1.165) is 25.0 Å². The summed E-state index contributed by atoms with van der Waals surface area (Å²) >= 11 is 0. The Bertz CT molecular complexity index is 373. The zero-order valence-electron chi connectivity index (χ0n) is 10.1. The van der Waals surface area contributed by atoms with Crippen molar-refractivity contribution in [2.45, 2.75) is 38.0 Å². The van der Waals surface area contributed by atoms with E-state index in [1.807, 2.05) is 6.07 Å². The average Bonchev–Trinajstić information content (AvgIpc) is 2.29. The summed E-state index contributed by atoms with van der Waals surface area (Å²) in [7, 11) is 1.70. The maximum Gasteiger partial charge on any atom is 0.119 e. The van der Waals surface area contributed by atoms with E-state index in [0.29, 0.717) is 0 Å². The maximum atomic E-state index is 9.20. The second kappa shape index (κ2) is 4.46. The first-order valence-corrected chi connectivity index (χ1v) is 5.98. The summed E-state index contributed by atoms with van der Waals surface area (Å²) in [6, 6.07) is 6.34. The van der Waals surface area contributed by atoms with Crippen LogP contribution in [0.25, 0.3) is 0 Å². The quantitative estimate of drug-likeness (QED) is 0.848. The summed E-state index contributed by atoms with van der Waals surface area (Å²) < 4.78 is 5.29. The SMILES string of the molecule is COc1ccc2c(c1)[C@@](C)(CCO)CCC2. The van der Waals surface area contributed by atoms with Gasteiger partial charge in [0.2, 0.25) is 0 Å². The highest BCUT2D eigenvalue weighted by Gasteiger charge is 2.31. The van der Waals surface area contributed by atoms with E-state index in [1.54, 1.807) is 7.11 Å². The normalized spacial score (nSPS) is 23.9. The fourth-order valence-corrected chi connectivity index (χ4v) is 2.77. The van der Waals surface area contributed by atoms with Crippen LogP contribution in [0.3, 0.4) is 0 Å². The van der Waals surface area contributed by atoms with Gasteiger partial charge >= 0.3 is 0 Å². The fraction of sp³-hybridized carbons (Fsp3) is 0.571. The van der Waals surface area contributed by atoms with Gasteiger partial charge in [-0.15, -0.1) is 0 Å². The highest BCUT2D eigenvalue weighted by atomic mass is 16.5. The van der Waals surface area contributed by atoms with Gasteiger partial charge in [-0.25, -0.2) is 0 Å². The topological polar surface area (TPSA) is 29.5 Å². The van der Waals surface area contributed by atoms with Gasteiger partial charge in [0.25, 0.3) is 0 Å². The molecule has 0 radical (unpaired) electrons. The molecule has 16 heavy (non-hydrogen) atoms. The lowest BCUT2D eigenvalue weighted by Gasteiger charge is -2.36. The Kier molecular flexibility index (Phi) is 3.20. The van der Waals surface area contributed by atoms with Gasteiger partial charge < -0.3 is 9.84 Å². The van der Waals surface area contributed by atoms with Crippen molar-refractivity contribution in [2.75, 3.05) is 13.7 Å². The van der Waals surface area contributed by atoms with Crippen molar-refractivity contribution in [2.24, 2.45) is 0 Å². The van der Waals surface area contributed by atoms with Gasteiger partial charge in [-0.05, 0) is 54.4 Å². The molecule has 1 aromatic carbocycles. The highest BCUT2D eigenvalue weighted by molar-refractivity contribution is 5.42. The zero-order chi connectivity index (χ0) is 11.6. The number of hydrogen-bond acceptors (Lipinski definition) is 2. The molecule has 0 aliphatic heterocycles. The van der Waals surface area contributed by atoms with Crippen LogP contribution < -0.4 is 4.74 Å². The molecule has 1 N–H and O–H groups in total. The van der Waals surface area contributed by atoms with E-state index in [9.17, 15) is 5.11 Å². The average molecular weight is 220 g/mol. The lowest BCUT2D eigenvalue weighted by Crippen LogP contribution is -2.28. The Hall–Kier alpha value is -1.02. The third-order valence-electron chi connectivity index (χ3n) is 3.81. The van der Waals surface area contributed by atoms with Gasteiger partial charge in [-0.3, -0.25) is 0 Å². The van der Waals surface area contributed by atoms with Gasteiger partial charge in [0, 0.05) is 6.61 Å². The number of aliphatic hydroxyl groups is 1. The van der Waals surface area contributed by atoms with Crippen molar-refractivity contribution in [3.05, 3.63) is 29.3 Å². The molecule has 88 valence electrons. The number of hydrogen-bond donors (Lipinski definition) is 1. The second-order valence-corrected chi connectivity index (χ2v) is 4.91. The fourth-order valence-electron chi connectivity index (χ4n) is 2.77. The molecular formula is C14H20O2. The molecule has 2 nitrogen and oxygen atoms in total. The minimum Gasteiger partial charge on any atom is -0.497 e. The molecule has 1 aliphatic rings. The Morgan fingerprint density at radius 1 is 1.44 bits per heavy atom. The number of fused-ring (bicyclic) bond motifs is 1. The maximum absolute atomic E-state index is 9.20. The number of aliphatic hydroxyl groups excluding tert-OH is 1. The molecule has 0 bridgehead atoms. The molecule has 1 aromatic rings. The predicted molar refractivity (Wildman–Crippen MR) is 65.0 cm³/mol. The molecule has 0 saturated carbocycles. The Morgan fingerprint density at radius 3 is 2.94 bits per heavy atom. The van der Waals surface area contributed by atoms with Crippen LogP contribution in [-0.4, -0.2) is 18.8 Å². The largest absolute Gasteiger partial charge is 0.497 e. The number of methoxy groups -OCH3 is 1. The molecule has 0 fully saturated rings. The first-order valence-electron chi connectivity index (χ1n) is 5.98. The number of benzene rings is 1. The summed E-state index contributed by atoms with van der Waals surface area (Å²) in [6.07, 6.45) is 4.37. The summed E-state index contributed by atoms with van der Waals surface area (Å²) in [5, 5.41) is 9.20. The number of aryl methyl sites for hydroxylation is 1. The van der Waals surface area contributed by atoms with Gasteiger partial charge in [-0.2, -0.15) is 0 Å². The van der Waals surface area contributed by atoms with E-state index < -0.39 is 0 Å². The number of ether oxygens (including phenoxy) is 1. The van der Waals surface area contributed by atoms with Crippen molar-refractivity contribution in [3.63, 3.8) is 0 Å². The van der Waals surface area contributed by atoms with Gasteiger partial charge in [-0.1, -0.05) is 13.0 Å². The molecule has 0 heterocycles. The van der Waals surface area contributed by atoms with Crippen molar-refractivity contribution in [3.8, 4) is 5.75 Å². The molecule has 1 atom stereocenters. The predicted octanol–water partition coefficient (Wildman–Crippen LogP) is 2.67. The van der Waals surface area contributed by atoms with E-state index in [1.165, 1.54) is 17.5 Å². The van der Waals surface area contributed by atoms with Crippen LogP contribution in [0.5, 0.6) is 5.75 Å². The molecule has 0 saturated heterocycles. The summed E-state index contributed by atoms with van der Waals surface area (Å²) in [5.41, 5.74) is 2.91. The van der Waals surface area contributed by atoms with Crippen molar-refractivity contribution >= 4 is 0 Å². The first kappa shape index (κ1) is 11.5. The van der Waals surface area contributed by atoms with E-state index >= 15 is 0 Å². The molecular weight excluding hydrogens is 200 g/mol. The molecule has 0 spiro atoms. The van der Waals surface area contributed by atoms with Crippen molar-refractivity contribution in [1.82, 2.24) is 0 Å². The van der Waals surface area contributed by atoms with Crippen LogP contribution in [0, 0.1) is 0 Å². The monoisotopic (exact) mass is 220 g/mol. The van der Waals surface area contributed by atoms with Gasteiger partial charge in [0.05, 0.1) is 7.11 Å². The van der Waals surface area contributed by atoms with Crippen LogP contribution in [0.15, 0.2) is 18.2 Å². The zero-order valence-corrected chi connectivity index (χ0v) is 10.1. The minimum absolute atomic E-state index is 0.122. The molecule has 0 amide bonds. The lowest BCUT2D eigenvalue weighted by molar-refractivity contribution is 0.230. The van der Waals surface area contributed by atoms with E-state index in [-0.39, 0.29) is 12.0 Å². The van der Waals surface area contributed by atoms with Crippen LogP contribution in [-0.2, 0) is 11.8 Å². The van der Waals surface area contributed by atoms with Crippen LogP contribution in [0.2, 0.25) is 0 Å². The smallest absolute Gasteiger partial charge is 0.119 e. The Morgan fingerprint density at radius 2 is 2.25 bits per heavy atom. The lowest BCUT2D eigenvalue weighted by atomic mass is 9.69. The third-order valence-corrected chi connectivity index (χ3v) is 3.81. The Balaban J connectivity index is 2.42. The van der Waals surface area contributed by atoms with Gasteiger partial charge in [0.15, 0.2) is 0 Å². The standard InChI is InChI=1S/C14H20O2/c1-14(8-9-15)7-3-4-11-5-6-12(16-2)10-13(11)14/h5-6,10,15H,3-4,7-9H2,1-2H3/t14-/m1/s1. The Labute approximate surface area is 97.3 Å². The van der Waals surface area contributed by atoms with Crippen LogP contribution in [0.1, 0.15) is 37.3 Å². The van der Waals surface area contributed by atoms with Crippen molar-refractivity contribution in [1.29, 1.82) is 0 Å². The first-order chi connectivity index (χ1) is 7.69.